The van der Waals surface area contributed by atoms with Crippen LogP contribution in [0.4, 0.5) is 0 Å². The van der Waals surface area contributed by atoms with Gasteiger partial charge in [0.15, 0.2) is 0 Å². The molecule has 0 amide bonds. The van der Waals surface area contributed by atoms with Crippen LogP contribution in [-0.2, 0) is 9.53 Å². The summed E-state index contributed by atoms with van der Waals surface area (Å²) in [5.41, 5.74) is 1.10. The number of hydrogen-bond acceptors (Lipinski definition) is 2. The second kappa shape index (κ2) is 7.49. The average molecular weight is 212 g/mol. The van der Waals surface area contributed by atoms with Crippen molar-refractivity contribution < 1.29 is 9.53 Å². The van der Waals surface area contributed by atoms with Crippen molar-refractivity contribution in [3.05, 3.63) is 12.2 Å². The maximum absolute atomic E-state index is 11.7. The highest BCUT2D eigenvalue weighted by atomic mass is 16.5. The molecular formula is C13H24O2. The molecule has 0 rings (SSSR count). The number of methoxy groups -OCH3 is 1. The topological polar surface area (TPSA) is 26.3 Å². The van der Waals surface area contributed by atoms with Gasteiger partial charge < -0.3 is 4.74 Å². The van der Waals surface area contributed by atoms with Gasteiger partial charge in [-0.05, 0) is 25.7 Å². The number of carbonyl (C=O) groups excluding carboxylic acids is 1. The van der Waals surface area contributed by atoms with Gasteiger partial charge in [0, 0.05) is 0 Å². The summed E-state index contributed by atoms with van der Waals surface area (Å²) in [5, 5.41) is 0. The van der Waals surface area contributed by atoms with Crippen LogP contribution in [-0.4, -0.2) is 13.1 Å². The number of carbonyl (C=O) groups is 1. The molecule has 0 fully saturated rings. The third kappa shape index (κ3) is 4.50. The Balaban J connectivity index is 4.66. The van der Waals surface area contributed by atoms with Gasteiger partial charge in [-0.25, -0.2) is 0 Å². The largest absolute Gasteiger partial charge is 0.469 e. The summed E-state index contributed by atoms with van der Waals surface area (Å²) in [6.07, 6.45) is 4.00. The Morgan fingerprint density at radius 3 is 2.00 bits per heavy atom. The Bertz CT molecular complexity index is 209. The summed E-state index contributed by atoms with van der Waals surface area (Å²) in [5.74, 6) is 0.193. The fourth-order valence-electron chi connectivity index (χ4n) is 2.05. The van der Waals surface area contributed by atoms with Crippen molar-refractivity contribution in [2.75, 3.05) is 7.11 Å². The molecule has 0 saturated heterocycles. The van der Waals surface area contributed by atoms with Gasteiger partial charge >= 0.3 is 5.97 Å². The molecule has 0 unspecified atom stereocenters. The molecule has 0 aromatic rings. The van der Waals surface area contributed by atoms with E-state index >= 15 is 0 Å². The van der Waals surface area contributed by atoms with Gasteiger partial charge in [-0.1, -0.05) is 38.8 Å². The molecule has 0 N–H and O–H groups in total. The first-order chi connectivity index (χ1) is 7.08. The lowest BCUT2D eigenvalue weighted by Gasteiger charge is -2.24. The zero-order chi connectivity index (χ0) is 11.8. The molecule has 2 heteroatoms. The van der Waals surface area contributed by atoms with Crippen molar-refractivity contribution in [1.29, 1.82) is 0 Å². The Morgan fingerprint density at radius 2 is 1.67 bits per heavy atom. The maximum Gasteiger partial charge on any atom is 0.309 e. The van der Waals surface area contributed by atoms with Gasteiger partial charge in [0.25, 0.3) is 0 Å². The van der Waals surface area contributed by atoms with Crippen LogP contribution in [0.5, 0.6) is 0 Å². The van der Waals surface area contributed by atoms with Crippen LogP contribution in [0.2, 0.25) is 0 Å². The fraction of sp³-hybridized carbons (Fsp3) is 0.769. The Morgan fingerprint density at radius 1 is 1.20 bits per heavy atom. The van der Waals surface area contributed by atoms with Crippen molar-refractivity contribution in [2.45, 2.75) is 46.5 Å². The van der Waals surface area contributed by atoms with Crippen molar-refractivity contribution in [3.63, 3.8) is 0 Å². The second-order valence-electron chi connectivity index (χ2n) is 4.16. The highest BCUT2D eigenvalue weighted by Gasteiger charge is 2.28. The van der Waals surface area contributed by atoms with Gasteiger partial charge in [-0.2, -0.15) is 0 Å². The molecule has 2 atom stereocenters. The number of allylic oxidation sites excluding steroid dienone is 1. The van der Waals surface area contributed by atoms with E-state index in [1.807, 2.05) is 6.92 Å². The Hall–Kier alpha value is -0.790. The van der Waals surface area contributed by atoms with E-state index < -0.39 is 0 Å². The number of hydrogen-bond donors (Lipinski definition) is 0. The van der Waals surface area contributed by atoms with Crippen molar-refractivity contribution in [2.24, 2.45) is 11.8 Å². The highest BCUT2D eigenvalue weighted by molar-refractivity contribution is 5.73. The minimum Gasteiger partial charge on any atom is -0.469 e. The fourth-order valence-corrected chi connectivity index (χ4v) is 2.05. The standard InChI is InChI=1S/C13H24O2/c1-6-8-11(10(3)4)12(9-7-2)13(14)15-5/h11-12H,3,6-9H2,1-2,4-5H3/t11-,12+/m0/s1. The molecule has 0 spiro atoms. The molecule has 0 saturated carbocycles. The molecule has 0 radical (unpaired) electrons. The third-order valence-electron chi connectivity index (χ3n) is 2.82. The Kier molecular flexibility index (Phi) is 7.10. The first kappa shape index (κ1) is 14.2. The minimum absolute atomic E-state index is 0.00236. The molecule has 2 nitrogen and oxygen atoms in total. The molecule has 0 aliphatic rings. The summed E-state index contributed by atoms with van der Waals surface area (Å²) in [7, 11) is 1.46. The summed E-state index contributed by atoms with van der Waals surface area (Å²) >= 11 is 0. The molecule has 88 valence electrons. The van der Waals surface area contributed by atoms with Crippen LogP contribution in [0.25, 0.3) is 0 Å². The lowest BCUT2D eigenvalue weighted by molar-refractivity contribution is -0.147. The number of ether oxygens (including phenoxy) is 1. The van der Waals surface area contributed by atoms with Gasteiger partial charge in [0.1, 0.15) is 0 Å². The zero-order valence-electron chi connectivity index (χ0n) is 10.5. The van der Waals surface area contributed by atoms with Crippen molar-refractivity contribution in [1.82, 2.24) is 0 Å². The monoisotopic (exact) mass is 212 g/mol. The van der Waals surface area contributed by atoms with Crippen molar-refractivity contribution in [3.8, 4) is 0 Å². The van der Waals surface area contributed by atoms with E-state index in [9.17, 15) is 4.79 Å². The lowest BCUT2D eigenvalue weighted by Crippen LogP contribution is -2.25. The molecule has 15 heavy (non-hydrogen) atoms. The van der Waals surface area contributed by atoms with E-state index in [2.05, 4.69) is 20.4 Å². The van der Waals surface area contributed by atoms with Crippen LogP contribution in [0.1, 0.15) is 46.5 Å². The molecule has 0 aromatic heterocycles. The summed E-state index contributed by atoms with van der Waals surface area (Å²) in [6, 6.07) is 0. The van der Waals surface area contributed by atoms with Gasteiger partial charge in [-0.15, -0.1) is 0 Å². The number of esters is 1. The summed E-state index contributed by atoms with van der Waals surface area (Å²) in [4.78, 5) is 11.7. The summed E-state index contributed by atoms with van der Waals surface area (Å²) < 4.78 is 4.86. The normalized spacial score (nSPS) is 14.4. The van der Waals surface area contributed by atoms with E-state index in [0.717, 1.165) is 31.3 Å². The minimum atomic E-state index is -0.0849. The van der Waals surface area contributed by atoms with Crippen LogP contribution >= 0.6 is 0 Å². The van der Waals surface area contributed by atoms with Crippen LogP contribution in [0.3, 0.4) is 0 Å². The smallest absolute Gasteiger partial charge is 0.309 e. The van der Waals surface area contributed by atoms with E-state index in [-0.39, 0.29) is 17.8 Å². The van der Waals surface area contributed by atoms with Crippen LogP contribution < -0.4 is 0 Å². The van der Waals surface area contributed by atoms with Gasteiger partial charge in [0.05, 0.1) is 13.0 Å². The van der Waals surface area contributed by atoms with E-state index in [1.165, 1.54) is 7.11 Å². The quantitative estimate of drug-likeness (QED) is 0.476. The molecular weight excluding hydrogens is 188 g/mol. The average Bonchev–Trinajstić information content (AvgIpc) is 2.21. The second-order valence-corrected chi connectivity index (χ2v) is 4.16. The first-order valence-corrected chi connectivity index (χ1v) is 5.81. The maximum atomic E-state index is 11.7. The molecule has 0 aromatic carbocycles. The predicted molar refractivity (Wildman–Crippen MR) is 63.6 cm³/mol. The lowest BCUT2D eigenvalue weighted by atomic mass is 9.81. The number of rotatable bonds is 7. The van der Waals surface area contributed by atoms with E-state index in [0.29, 0.717) is 0 Å². The van der Waals surface area contributed by atoms with E-state index in [1.54, 1.807) is 0 Å². The first-order valence-electron chi connectivity index (χ1n) is 5.81. The molecule has 0 heterocycles. The molecule has 0 aliphatic carbocycles. The zero-order valence-corrected chi connectivity index (χ0v) is 10.5. The van der Waals surface area contributed by atoms with E-state index in [4.69, 9.17) is 4.74 Å². The van der Waals surface area contributed by atoms with Crippen LogP contribution in [0.15, 0.2) is 12.2 Å². The van der Waals surface area contributed by atoms with Crippen molar-refractivity contribution >= 4 is 5.97 Å². The summed E-state index contributed by atoms with van der Waals surface area (Å²) in [6.45, 7) is 10.2. The SMILES string of the molecule is C=C(C)[C@H](CCC)[C@@H](CCC)C(=O)OC. The van der Waals surface area contributed by atoms with Gasteiger partial charge in [-0.3, -0.25) is 4.79 Å². The third-order valence-corrected chi connectivity index (χ3v) is 2.82. The van der Waals surface area contributed by atoms with Gasteiger partial charge in [0.2, 0.25) is 0 Å². The molecule has 0 bridgehead atoms. The molecule has 0 aliphatic heterocycles. The highest BCUT2D eigenvalue weighted by Crippen LogP contribution is 2.29. The predicted octanol–water partition coefficient (Wildman–Crippen LogP) is 3.57. The van der Waals surface area contributed by atoms with Crippen LogP contribution in [0, 0.1) is 11.8 Å². The Labute approximate surface area is 93.7 Å².